The van der Waals surface area contributed by atoms with Gasteiger partial charge in [0.2, 0.25) is 0 Å². The standard InChI is InChI=1S/C18H11ClN4O7/c19-14-4-1-10(7-13(14)18(24)25)17-6-3-12(30-17)9-20-21-15-5-2-11(22(26)27)8-16(15)23(28)29/h1-9,21H,(H,24,25)/b20-9+. The van der Waals surface area contributed by atoms with Gasteiger partial charge in [-0.1, -0.05) is 11.6 Å². The highest BCUT2D eigenvalue weighted by Gasteiger charge is 2.19. The predicted molar refractivity (Wildman–Crippen MR) is 107 cm³/mol. The number of nitrogens with zero attached hydrogens (tertiary/aromatic N) is 3. The third-order valence-electron chi connectivity index (χ3n) is 3.87. The van der Waals surface area contributed by atoms with Crippen molar-refractivity contribution in [2.24, 2.45) is 5.10 Å². The molecule has 2 aromatic carbocycles. The van der Waals surface area contributed by atoms with E-state index >= 15 is 0 Å². The van der Waals surface area contributed by atoms with Crippen molar-refractivity contribution in [3.63, 3.8) is 0 Å². The fraction of sp³-hybridized carbons (Fsp3) is 0. The van der Waals surface area contributed by atoms with Crippen LogP contribution in [0.1, 0.15) is 16.1 Å². The molecular weight excluding hydrogens is 420 g/mol. The van der Waals surface area contributed by atoms with Crippen LogP contribution in [0.25, 0.3) is 11.3 Å². The van der Waals surface area contributed by atoms with Crippen LogP contribution in [0, 0.1) is 20.2 Å². The quantitative estimate of drug-likeness (QED) is 0.313. The topological polar surface area (TPSA) is 161 Å². The average Bonchev–Trinajstić information content (AvgIpc) is 3.17. The summed E-state index contributed by atoms with van der Waals surface area (Å²) in [7, 11) is 0. The largest absolute Gasteiger partial charge is 0.478 e. The summed E-state index contributed by atoms with van der Waals surface area (Å²) in [6.07, 6.45) is 1.24. The molecule has 1 aromatic heterocycles. The number of benzene rings is 2. The maximum absolute atomic E-state index is 11.2. The molecule has 0 fully saturated rings. The van der Waals surface area contributed by atoms with E-state index in [1.54, 1.807) is 18.2 Å². The van der Waals surface area contributed by atoms with Gasteiger partial charge in [-0.25, -0.2) is 4.79 Å². The predicted octanol–water partition coefficient (Wildman–Crippen LogP) is 4.56. The van der Waals surface area contributed by atoms with Crippen molar-refractivity contribution in [1.29, 1.82) is 0 Å². The Balaban J connectivity index is 1.79. The van der Waals surface area contributed by atoms with Crippen LogP contribution in [0.5, 0.6) is 0 Å². The molecule has 0 aliphatic carbocycles. The molecular formula is C18H11ClN4O7. The molecule has 0 saturated heterocycles. The van der Waals surface area contributed by atoms with Crippen molar-refractivity contribution in [2.75, 3.05) is 5.43 Å². The second-order valence-electron chi connectivity index (χ2n) is 5.79. The number of furan rings is 1. The molecule has 12 heteroatoms. The molecule has 0 radical (unpaired) electrons. The third kappa shape index (κ3) is 4.42. The van der Waals surface area contributed by atoms with Crippen molar-refractivity contribution in [1.82, 2.24) is 0 Å². The Morgan fingerprint density at radius 1 is 1.10 bits per heavy atom. The zero-order chi connectivity index (χ0) is 21.8. The van der Waals surface area contributed by atoms with Crippen LogP contribution in [0.3, 0.4) is 0 Å². The maximum atomic E-state index is 11.2. The van der Waals surface area contributed by atoms with Crippen molar-refractivity contribution >= 4 is 40.8 Å². The van der Waals surface area contributed by atoms with Crippen LogP contribution in [0.15, 0.2) is 58.0 Å². The number of nitrogens with one attached hydrogen (secondary N) is 1. The van der Waals surface area contributed by atoms with E-state index in [0.717, 1.165) is 12.1 Å². The Morgan fingerprint density at radius 2 is 1.87 bits per heavy atom. The van der Waals surface area contributed by atoms with Crippen molar-refractivity contribution in [3.05, 3.63) is 85.1 Å². The number of rotatable bonds is 7. The summed E-state index contributed by atoms with van der Waals surface area (Å²) in [5, 5.41) is 34.9. The molecule has 3 aromatic rings. The molecule has 0 aliphatic rings. The molecule has 152 valence electrons. The van der Waals surface area contributed by atoms with E-state index in [9.17, 15) is 25.0 Å². The first kappa shape index (κ1) is 20.5. The average molecular weight is 431 g/mol. The van der Waals surface area contributed by atoms with Gasteiger partial charge >= 0.3 is 11.7 Å². The first-order valence-electron chi connectivity index (χ1n) is 8.11. The summed E-state index contributed by atoms with van der Waals surface area (Å²) in [6, 6.07) is 10.6. The number of carboxylic acids is 1. The molecule has 0 amide bonds. The lowest BCUT2D eigenvalue weighted by Crippen LogP contribution is -1.98. The van der Waals surface area contributed by atoms with Gasteiger partial charge in [0.05, 0.1) is 32.7 Å². The van der Waals surface area contributed by atoms with E-state index in [1.165, 1.54) is 24.4 Å². The Bertz CT molecular complexity index is 1190. The van der Waals surface area contributed by atoms with Crippen molar-refractivity contribution in [3.8, 4) is 11.3 Å². The van der Waals surface area contributed by atoms with E-state index in [-0.39, 0.29) is 22.0 Å². The number of hydrogen-bond acceptors (Lipinski definition) is 8. The van der Waals surface area contributed by atoms with Gasteiger partial charge in [0, 0.05) is 11.6 Å². The molecule has 0 saturated carbocycles. The normalized spacial score (nSPS) is 10.8. The van der Waals surface area contributed by atoms with Crippen LogP contribution >= 0.6 is 11.6 Å². The first-order valence-corrected chi connectivity index (χ1v) is 8.49. The van der Waals surface area contributed by atoms with Crippen LogP contribution in [-0.4, -0.2) is 27.1 Å². The van der Waals surface area contributed by atoms with Gasteiger partial charge in [-0.15, -0.1) is 0 Å². The van der Waals surface area contributed by atoms with Gasteiger partial charge in [-0.05, 0) is 36.4 Å². The minimum Gasteiger partial charge on any atom is -0.478 e. The molecule has 0 bridgehead atoms. The summed E-state index contributed by atoms with van der Waals surface area (Å²) in [4.78, 5) is 31.6. The van der Waals surface area contributed by atoms with Crippen LogP contribution in [0.4, 0.5) is 17.1 Å². The zero-order valence-corrected chi connectivity index (χ0v) is 15.6. The summed E-state index contributed by atoms with van der Waals surface area (Å²) >= 11 is 5.85. The highest BCUT2D eigenvalue weighted by Crippen LogP contribution is 2.29. The molecule has 0 spiro atoms. The highest BCUT2D eigenvalue weighted by molar-refractivity contribution is 6.33. The minimum atomic E-state index is -1.18. The molecule has 1 heterocycles. The van der Waals surface area contributed by atoms with E-state index in [0.29, 0.717) is 11.3 Å². The Morgan fingerprint density at radius 3 is 2.53 bits per heavy atom. The van der Waals surface area contributed by atoms with Crippen molar-refractivity contribution in [2.45, 2.75) is 0 Å². The van der Waals surface area contributed by atoms with Gasteiger partial charge in [0.25, 0.3) is 5.69 Å². The third-order valence-corrected chi connectivity index (χ3v) is 4.20. The summed E-state index contributed by atoms with van der Waals surface area (Å²) in [5.74, 6) is -0.546. The van der Waals surface area contributed by atoms with Gasteiger partial charge in [-0.3, -0.25) is 25.7 Å². The number of non-ortho nitro benzene ring substituents is 1. The van der Waals surface area contributed by atoms with E-state index < -0.39 is 27.2 Å². The Kier molecular flexibility index (Phi) is 5.74. The number of carbonyl (C=O) groups is 1. The lowest BCUT2D eigenvalue weighted by Gasteiger charge is -2.02. The molecule has 11 nitrogen and oxygen atoms in total. The molecule has 0 atom stereocenters. The summed E-state index contributed by atoms with van der Waals surface area (Å²) in [5.41, 5.74) is 1.87. The fourth-order valence-corrected chi connectivity index (χ4v) is 2.66. The second kappa shape index (κ2) is 8.41. The van der Waals surface area contributed by atoms with Gasteiger partial charge in [0.15, 0.2) is 0 Å². The fourth-order valence-electron chi connectivity index (χ4n) is 2.46. The number of halogens is 1. The monoisotopic (exact) mass is 430 g/mol. The SMILES string of the molecule is O=C(O)c1cc(-c2ccc(/C=N/Nc3ccc([N+](=O)[O-])cc3[N+](=O)[O-])o2)ccc1Cl. The molecule has 30 heavy (non-hydrogen) atoms. The van der Waals surface area contributed by atoms with Crippen LogP contribution in [-0.2, 0) is 0 Å². The van der Waals surface area contributed by atoms with Gasteiger partial charge in [0.1, 0.15) is 17.2 Å². The smallest absolute Gasteiger partial charge is 0.337 e. The maximum Gasteiger partial charge on any atom is 0.337 e. The lowest BCUT2D eigenvalue weighted by molar-refractivity contribution is -0.393. The van der Waals surface area contributed by atoms with Crippen molar-refractivity contribution < 1.29 is 24.2 Å². The molecule has 3 rings (SSSR count). The van der Waals surface area contributed by atoms with Crippen LogP contribution in [0.2, 0.25) is 5.02 Å². The zero-order valence-electron chi connectivity index (χ0n) is 14.8. The summed E-state index contributed by atoms with van der Waals surface area (Å²) in [6.45, 7) is 0. The van der Waals surface area contributed by atoms with Crippen LogP contribution < -0.4 is 5.43 Å². The first-order chi connectivity index (χ1) is 14.3. The molecule has 0 aliphatic heterocycles. The number of hydrazone groups is 1. The van der Waals surface area contributed by atoms with E-state index in [2.05, 4.69) is 10.5 Å². The van der Waals surface area contributed by atoms with E-state index in [1.807, 2.05) is 0 Å². The number of anilines is 1. The van der Waals surface area contributed by atoms with Gasteiger partial charge in [-0.2, -0.15) is 5.10 Å². The summed E-state index contributed by atoms with van der Waals surface area (Å²) < 4.78 is 5.56. The Hall–Kier alpha value is -4.25. The molecule has 2 N–H and O–H groups in total. The van der Waals surface area contributed by atoms with E-state index in [4.69, 9.17) is 21.1 Å². The second-order valence-corrected chi connectivity index (χ2v) is 6.19. The minimum absolute atomic E-state index is 0.0440. The Labute approximate surface area is 172 Å². The van der Waals surface area contributed by atoms with Gasteiger partial charge < -0.3 is 9.52 Å². The number of nitro benzene ring substituents is 2. The number of carboxylic acid groups (broad SMARTS) is 1. The lowest BCUT2D eigenvalue weighted by atomic mass is 10.1. The highest BCUT2D eigenvalue weighted by atomic mass is 35.5. The number of nitro groups is 2. The molecule has 0 unspecified atom stereocenters. The number of aromatic carboxylic acids is 1. The number of hydrogen-bond donors (Lipinski definition) is 2.